The summed E-state index contributed by atoms with van der Waals surface area (Å²) in [6.07, 6.45) is 5.22. The predicted molar refractivity (Wildman–Crippen MR) is 72.7 cm³/mol. The zero-order valence-corrected chi connectivity index (χ0v) is 11.0. The first kappa shape index (κ1) is 13.9. The molecule has 3 N–H and O–H groups in total. The smallest absolute Gasteiger partial charge is 0.323 e. The fraction of sp³-hybridized carbons (Fsp3) is 0.533. The van der Waals surface area contributed by atoms with E-state index in [2.05, 4.69) is 0 Å². The molecule has 1 aromatic carbocycles. The van der Waals surface area contributed by atoms with E-state index in [1.165, 1.54) is 19.3 Å². The maximum absolute atomic E-state index is 11.7. The number of hydrogen-bond donors (Lipinski definition) is 2. The van der Waals surface area contributed by atoms with E-state index in [9.17, 15) is 9.90 Å². The molecule has 1 saturated carbocycles. The van der Waals surface area contributed by atoms with Gasteiger partial charge in [0.2, 0.25) is 0 Å². The third-order valence-corrected chi connectivity index (χ3v) is 3.69. The Labute approximate surface area is 113 Å². The molecule has 1 atom stereocenters. The Morgan fingerprint density at radius 3 is 2.63 bits per heavy atom. The monoisotopic (exact) mass is 263 g/mol. The van der Waals surface area contributed by atoms with Crippen LogP contribution in [0.5, 0.6) is 5.75 Å². The molecule has 1 aliphatic rings. The number of phenolic OH excluding ortho intramolecular Hbond substituents is 1. The van der Waals surface area contributed by atoms with E-state index in [1.807, 2.05) is 0 Å². The summed E-state index contributed by atoms with van der Waals surface area (Å²) in [5, 5.41) is 9.17. The lowest BCUT2D eigenvalue weighted by molar-refractivity contribution is -0.145. The van der Waals surface area contributed by atoms with Crippen LogP contribution >= 0.6 is 0 Å². The third kappa shape index (κ3) is 4.24. The van der Waals surface area contributed by atoms with Gasteiger partial charge >= 0.3 is 5.97 Å². The van der Waals surface area contributed by atoms with E-state index in [0.717, 1.165) is 17.9 Å². The topological polar surface area (TPSA) is 72.5 Å². The van der Waals surface area contributed by atoms with Crippen molar-refractivity contribution in [1.29, 1.82) is 0 Å². The summed E-state index contributed by atoms with van der Waals surface area (Å²) < 4.78 is 5.19. The summed E-state index contributed by atoms with van der Waals surface area (Å²) in [4.78, 5) is 11.7. The van der Waals surface area contributed by atoms with Gasteiger partial charge in [0.1, 0.15) is 11.8 Å². The van der Waals surface area contributed by atoms with Gasteiger partial charge in [0, 0.05) is 0 Å². The van der Waals surface area contributed by atoms with Crippen molar-refractivity contribution < 1.29 is 14.6 Å². The Kier molecular flexibility index (Phi) is 4.80. The minimum atomic E-state index is -0.633. The Bertz CT molecular complexity index is 412. The molecule has 2 rings (SSSR count). The van der Waals surface area contributed by atoms with Crippen molar-refractivity contribution in [2.45, 2.75) is 38.1 Å². The van der Waals surface area contributed by atoms with Crippen LogP contribution in [-0.4, -0.2) is 23.7 Å². The molecule has 4 nitrogen and oxygen atoms in total. The normalized spacial score (nSPS) is 16.7. The minimum absolute atomic E-state index is 0.209. The summed E-state index contributed by atoms with van der Waals surface area (Å²) in [7, 11) is 0. The second-order valence-electron chi connectivity index (χ2n) is 5.23. The molecule has 0 spiro atoms. The molecular formula is C15H21NO3. The van der Waals surface area contributed by atoms with Crippen LogP contribution in [0.2, 0.25) is 0 Å². The van der Waals surface area contributed by atoms with E-state index in [-0.39, 0.29) is 11.7 Å². The lowest BCUT2D eigenvalue weighted by Crippen LogP contribution is -2.34. The molecule has 19 heavy (non-hydrogen) atoms. The fourth-order valence-electron chi connectivity index (χ4n) is 2.18. The van der Waals surface area contributed by atoms with Crippen LogP contribution < -0.4 is 5.73 Å². The Hall–Kier alpha value is -1.55. The maximum Gasteiger partial charge on any atom is 0.323 e. The van der Waals surface area contributed by atoms with Gasteiger partial charge in [-0.15, -0.1) is 0 Å². The molecule has 0 amide bonds. The van der Waals surface area contributed by atoms with Gasteiger partial charge in [-0.1, -0.05) is 31.4 Å². The van der Waals surface area contributed by atoms with Gasteiger partial charge in [-0.25, -0.2) is 0 Å². The van der Waals surface area contributed by atoms with Gasteiger partial charge in [0.05, 0.1) is 6.61 Å². The summed E-state index contributed by atoms with van der Waals surface area (Å²) in [6.45, 7) is 0.479. The highest BCUT2D eigenvalue weighted by Gasteiger charge is 2.19. The van der Waals surface area contributed by atoms with Crippen molar-refractivity contribution in [3.63, 3.8) is 0 Å². The van der Waals surface area contributed by atoms with Crippen molar-refractivity contribution in [3.05, 3.63) is 29.8 Å². The van der Waals surface area contributed by atoms with Crippen molar-refractivity contribution >= 4 is 5.97 Å². The van der Waals surface area contributed by atoms with Gasteiger partial charge in [-0.2, -0.15) is 0 Å². The fourth-order valence-corrected chi connectivity index (χ4v) is 2.18. The molecule has 0 heterocycles. The van der Waals surface area contributed by atoms with Crippen LogP contribution in [0, 0.1) is 5.92 Å². The van der Waals surface area contributed by atoms with Crippen LogP contribution in [0.4, 0.5) is 0 Å². The molecule has 104 valence electrons. The molecular weight excluding hydrogens is 242 g/mol. The average Bonchev–Trinajstić information content (AvgIpc) is 2.35. The number of nitrogens with two attached hydrogens (primary N) is 1. The number of ether oxygens (including phenoxy) is 1. The highest BCUT2D eigenvalue weighted by molar-refractivity contribution is 5.75. The molecule has 0 saturated heterocycles. The standard InChI is InChI=1S/C15H21NO3/c16-14(10-12-4-6-13(17)7-5-12)15(18)19-9-8-11-2-1-3-11/h4-7,11,14,17H,1-3,8-10,16H2/t14-/m0/s1. The number of aromatic hydroxyl groups is 1. The summed E-state index contributed by atoms with van der Waals surface area (Å²) in [5.74, 6) is 0.605. The molecule has 1 aliphatic carbocycles. The number of carbonyl (C=O) groups excluding carboxylic acids is 1. The largest absolute Gasteiger partial charge is 0.508 e. The SMILES string of the molecule is N[C@@H](Cc1ccc(O)cc1)C(=O)OCCC1CCC1. The highest BCUT2D eigenvalue weighted by Crippen LogP contribution is 2.29. The quantitative estimate of drug-likeness (QED) is 0.770. The number of hydrogen-bond acceptors (Lipinski definition) is 4. The summed E-state index contributed by atoms with van der Waals surface area (Å²) in [5.41, 5.74) is 6.73. The molecule has 1 fully saturated rings. The number of rotatable bonds is 6. The molecule has 0 aromatic heterocycles. The number of benzene rings is 1. The zero-order valence-electron chi connectivity index (χ0n) is 11.0. The van der Waals surface area contributed by atoms with Crippen molar-refractivity contribution in [3.8, 4) is 5.75 Å². The van der Waals surface area contributed by atoms with E-state index in [0.29, 0.717) is 13.0 Å². The number of phenols is 1. The third-order valence-electron chi connectivity index (χ3n) is 3.69. The molecule has 0 bridgehead atoms. The van der Waals surface area contributed by atoms with Crippen LogP contribution in [0.25, 0.3) is 0 Å². The van der Waals surface area contributed by atoms with Gasteiger partial charge < -0.3 is 15.6 Å². The van der Waals surface area contributed by atoms with E-state index in [1.54, 1.807) is 24.3 Å². The number of esters is 1. The highest BCUT2D eigenvalue weighted by atomic mass is 16.5. The van der Waals surface area contributed by atoms with Gasteiger partial charge in [-0.05, 0) is 36.5 Å². The Morgan fingerprint density at radius 2 is 2.05 bits per heavy atom. The van der Waals surface area contributed by atoms with Crippen LogP contribution in [0.3, 0.4) is 0 Å². The minimum Gasteiger partial charge on any atom is -0.508 e. The van der Waals surface area contributed by atoms with Crippen molar-refractivity contribution in [2.24, 2.45) is 11.7 Å². The number of carbonyl (C=O) groups is 1. The van der Waals surface area contributed by atoms with Crippen molar-refractivity contribution in [1.82, 2.24) is 0 Å². The Balaban J connectivity index is 1.70. The molecule has 0 aliphatic heterocycles. The van der Waals surface area contributed by atoms with Gasteiger partial charge in [-0.3, -0.25) is 4.79 Å². The lowest BCUT2D eigenvalue weighted by Gasteiger charge is -2.25. The van der Waals surface area contributed by atoms with Crippen LogP contribution in [0.1, 0.15) is 31.2 Å². The first-order chi connectivity index (χ1) is 9.15. The van der Waals surface area contributed by atoms with E-state index < -0.39 is 6.04 Å². The average molecular weight is 263 g/mol. The van der Waals surface area contributed by atoms with E-state index in [4.69, 9.17) is 10.5 Å². The lowest BCUT2D eigenvalue weighted by atomic mass is 9.83. The summed E-state index contributed by atoms with van der Waals surface area (Å²) >= 11 is 0. The molecule has 4 heteroatoms. The Morgan fingerprint density at radius 1 is 1.37 bits per heavy atom. The molecule has 0 radical (unpaired) electrons. The molecule has 0 unspecified atom stereocenters. The predicted octanol–water partition coefficient (Wildman–Crippen LogP) is 2.00. The zero-order chi connectivity index (χ0) is 13.7. The second kappa shape index (κ2) is 6.57. The molecule has 1 aromatic rings. The van der Waals surface area contributed by atoms with Crippen LogP contribution in [0.15, 0.2) is 24.3 Å². The maximum atomic E-state index is 11.7. The van der Waals surface area contributed by atoms with Gasteiger partial charge in [0.25, 0.3) is 0 Å². The summed E-state index contributed by atoms with van der Waals surface area (Å²) in [6, 6.07) is 6.06. The van der Waals surface area contributed by atoms with E-state index >= 15 is 0 Å². The van der Waals surface area contributed by atoms with Crippen molar-refractivity contribution in [2.75, 3.05) is 6.61 Å². The van der Waals surface area contributed by atoms with Crippen LogP contribution in [-0.2, 0) is 16.0 Å². The first-order valence-corrected chi connectivity index (χ1v) is 6.85. The second-order valence-corrected chi connectivity index (χ2v) is 5.23. The van der Waals surface area contributed by atoms with Gasteiger partial charge in [0.15, 0.2) is 0 Å². The first-order valence-electron chi connectivity index (χ1n) is 6.85.